The average Bonchev–Trinajstić information content (AvgIpc) is 2.59. The third kappa shape index (κ3) is 1.94. The number of hydrogen-bond donors (Lipinski definition) is 0. The predicted molar refractivity (Wildman–Crippen MR) is 60.5 cm³/mol. The summed E-state index contributed by atoms with van der Waals surface area (Å²) in [6.45, 7) is 0. The summed E-state index contributed by atoms with van der Waals surface area (Å²) in [5, 5.41) is 0. The number of ether oxygens (including phenoxy) is 1. The Balaban J connectivity index is 2.41. The zero-order chi connectivity index (χ0) is 10.8. The van der Waals surface area contributed by atoms with Crippen LogP contribution in [0, 0.1) is 4.84 Å². The number of aromatic nitrogens is 1. The van der Waals surface area contributed by atoms with Gasteiger partial charge in [-0.05, 0) is 36.5 Å². The van der Waals surface area contributed by atoms with Crippen molar-refractivity contribution in [3.05, 3.63) is 35.3 Å². The minimum absolute atomic E-state index is 0.473. The van der Waals surface area contributed by atoms with E-state index in [1.54, 1.807) is 11.7 Å². The Morgan fingerprint density at radius 1 is 1.27 bits per heavy atom. The van der Waals surface area contributed by atoms with E-state index in [0.29, 0.717) is 4.84 Å². The topological polar surface area (TPSA) is 27.3 Å². The Morgan fingerprint density at radius 3 is 2.40 bits per heavy atom. The molecule has 0 unspecified atom stereocenters. The zero-order valence-electron chi connectivity index (χ0n) is 8.56. The van der Waals surface area contributed by atoms with Crippen LogP contribution in [-0.2, 0) is 7.05 Å². The Morgan fingerprint density at radius 2 is 1.93 bits per heavy atom. The molecule has 2 aromatic rings. The summed E-state index contributed by atoms with van der Waals surface area (Å²) in [6, 6.07) is 7.65. The van der Waals surface area contributed by atoms with Gasteiger partial charge in [0, 0.05) is 12.6 Å². The second kappa shape index (κ2) is 3.90. The normalized spacial score (nSPS) is 10.3. The lowest BCUT2D eigenvalue weighted by molar-refractivity contribution is 0.415. The maximum Gasteiger partial charge on any atom is 0.268 e. The van der Waals surface area contributed by atoms with Crippen molar-refractivity contribution in [1.29, 1.82) is 0 Å². The highest BCUT2D eigenvalue weighted by molar-refractivity contribution is 7.71. The Hall–Kier alpha value is -1.55. The standard InChI is InChI=1S/C11H11NO2S/c1-12-7-10(14-11(12)15)8-3-5-9(13-2)6-4-8/h3-7H,1-2H3. The van der Waals surface area contributed by atoms with Crippen molar-refractivity contribution in [2.75, 3.05) is 7.11 Å². The van der Waals surface area contributed by atoms with Crippen LogP contribution in [0.15, 0.2) is 34.9 Å². The molecule has 0 aliphatic heterocycles. The number of hydrogen-bond acceptors (Lipinski definition) is 3. The van der Waals surface area contributed by atoms with Crippen molar-refractivity contribution in [3.8, 4) is 17.1 Å². The van der Waals surface area contributed by atoms with Gasteiger partial charge in [-0.1, -0.05) is 0 Å². The number of rotatable bonds is 2. The number of aryl methyl sites for hydroxylation is 1. The molecule has 15 heavy (non-hydrogen) atoms. The minimum Gasteiger partial charge on any atom is -0.497 e. The molecule has 1 aromatic heterocycles. The van der Waals surface area contributed by atoms with Gasteiger partial charge in [-0.2, -0.15) is 0 Å². The molecule has 0 fully saturated rings. The number of oxazole rings is 1. The quantitative estimate of drug-likeness (QED) is 0.729. The van der Waals surface area contributed by atoms with E-state index in [1.165, 1.54) is 0 Å². The van der Waals surface area contributed by atoms with Gasteiger partial charge in [0.05, 0.1) is 13.3 Å². The van der Waals surface area contributed by atoms with Crippen LogP contribution in [0.3, 0.4) is 0 Å². The molecule has 0 bridgehead atoms. The van der Waals surface area contributed by atoms with Gasteiger partial charge in [-0.15, -0.1) is 0 Å². The first kappa shape index (κ1) is 9.98. The van der Waals surface area contributed by atoms with E-state index in [2.05, 4.69) is 0 Å². The van der Waals surface area contributed by atoms with Gasteiger partial charge >= 0.3 is 0 Å². The van der Waals surface area contributed by atoms with Gasteiger partial charge in [0.1, 0.15) is 5.75 Å². The Labute approximate surface area is 92.9 Å². The summed E-state index contributed by atoms with van der Waals surface area (Å²) in [5.41, 5.74) is 0.988. The number of methoxy groups -OCH3 is 1. The molecule has 1 heterocycles. The van der Waals surface area contributed by atoms with Crippen molar-refractivity contribution in [2.24, 2.45) is 7.05 Å². The summed E-state index contributed by atoms with van der Waals surface area (Å²) in [6.07, 6.45) is 1.87. The SMILES string of the molecule is COc1ccc(-c2cn(C)c(=S)o2)cc1. The first-order valence-corrected chi connectivity index (χ1v) is 4.92. The van der Waals surface area contributed by atoms with E-state index in [0.717, 1.165) is 17.1 Å². The predicted octanol–water partition coefficient (Wildman–Crippen LogP) is 3.02. The number of benzene rings is 1. The maximum atomic E-state index is 5.41. The summed E-state index contributed by atoms with van der Waals surface area (Å²) in [5.74, 6) is 1.60. The lowest BCUT2D eigenvalue weighted by Gasteiger charge is -1.99. The Bertz CT molecular complexity index is 510. The van der Waals surface area contributed by atoms with Crippen LogP contribution in [0.2, 0.25) is 0 Å². The van der Waals surface area contributed by atoms with Gasteiger partial charge in [-0.3, -0.25) is 0 Å². The fourth-order valence-electron chi connectivity index (χ4n) is 1.31. The van der Waals surface area contributed by atoms with Crippen molar-refractivity contribution >= 4 is 12.2 Å². The molecule has 78 valence electrons. The lowest BCUT2D eigenvalue weighted by atomic mass is 10.2. The molecule has 0 spiro atoms. The fraction of sp³-hybridized carbons (Fsp3) is 0.182. The van der Waals surface area contributed by atoms with Crippen LogP contribution < -0.4 is 4.74 Å². The van der Waals surface area contributed by atoms with Gasteiger partial charge < -0.3 is 13.7 Å². The largest absolute Gasteiger partial charge is 0.497 e. The summed E-state index contributed by atoms with van der Waals surface area (Å²) in [7, 11) is 3.50. The monoisotopic (exact) mass is 221 g/mol. The highest BCUT2D eigenvalue weighted by atomic mass is 32.1. The molecule has 4 heteroatoms. The summed E-state index contributed by atoms with van der Waals surface area (Å²) < 4.78 is 12.3. The van der Waals surface area contributed by atoms with E-state index in [4.69, 9.17) is 21.4 Å². The molecule has 0 aliphatic carbocycles. The number of nitrogens with zero attached hydrogens (tertiary/aromatic N) is 1. The van der Waals surface area contributed by atoms with Gasteiger partial charge in [-0.25, -0.2) is 0 Å². The highest BCUT2D eigenvalue weighted by Gasteiger charge is 2.03. The van der Waals surface area contributed by atoms with E-state index in [1.807, 2.05) is 37.5 Å². The van der Waals surface area contributed by atoms with Crippen molar-refractivity contribution in [3.63, 3.8) is 0 Å². The third-order valence-corrected chi connectivity index (χ3v) is 2.54. The van der Waals surface area contributed by atoms with Crippen molar-refractivity contribution < 1.29 is 9.15 Å². The molecule has 0 radical (unpaired) electrons. The van der Waals surface area contributed by atoms with Crippen LogP contribution in [0.25, 0.3) is 11.3 Å². The molecule has 0 saturated heterocycles. The molecule has 0 atom stereocenters. The lowest BCUT2D eigenvalue weighted by Crippen LogP contribution is -1.82. The average molecular weight is 221 g/mol. The van der Waals surface area contributed by atoms with Gasteiger partial charge in [0.25, 0.3) is 4.84 Å². The summed E-state index contributed by atoms with van der Waals surface area (Å²) in [4.78, 5) is 0.473. The minimum atomic E-state index is 0.473. The van der Waals surface area contributed by atoms with Gasteiger partial charge in [0.2, 0.25) is 0 Å². The third-order valence-electron chi connectivity index (χ3n) is 2.17. The smallest absolute Gasteiger partial charge is 0.268 e. The summed E-state index contributed by atoms with van der Waals surface area (Å²) >= 11 is 4.99. The molecule has 0 N–H and O–H groups in total. The first-order valence-electron chi connectivity index (χ1n) is 4.51. The molecular weight excluding hydrogens is 210 g/mol. The first-order chi connectivity index (χ1) is 7.20. The van der Waals surface area contributed by atoms with Crippen LogP contribution in [0.5, 0.6) is 5.75 Å². The van der Waals surface area contributed by atoms with E-state index in [9.17, 15) is 0 Å². The second-order valence-electron chi connectivity index (χ2n) is 3.20. The van der Waals surface area contributed by atoms with Gasteiger partial charge in [0.15, 0.2) is 5.76 Å². The molecule has 2 rings (SSSR count). The van der Waals surface area contributed by atoms with Crippen LogP contribution in [0.4, 0.5) is 0 Å². The molecule has 0 aliphatic rings. The highest BCUT2D eigenvalue weighted by Crippen LogP contribution is 2.22. The van der Waals surface area contributed by atoms with Crippen LogP contribution >= 0.6 is 12.2 Å². The van der Waals surface area contributed by atoms with E-state index >= 15 is 0 Å². The fourth-order valence-corrected chi connectivity index (χ4v) is 1.45. The maximum absolute atomic E-state index is 5.41. The zero-order valence-corrected chi connectivity index (χ0v) is 9.38. The molecule has 0 amide bonds. The van der Waals surface area contributed by atoms with Crippen LogP contribution in [-0.4, -0.2) is 11.7 Å². The molecule has 0 saturated carbocycles. The molecule has 3 nitrogen and oxygen atoms in total. The van der Waals surface area contributed by atoms with Crippen molar-refractivity contribution in [1.82, 2.24) is 4.57 Å². The van der Waals surface area contributed by atoms with Crippen LogP contribution in [0.1, 0.15) is 0 Å². The van der Waals surface area contributed by atoms with Crippen molar-refractivity contribution in [2.45, 2.75) is 0 Å². The Kier molecular flexibility index (Phi) is 2.60. The second-order valence-corrected chi connectivity index (χ2v) is 3.55. The molecular formula is C11H11NO2S. The van der Waals surface area contributed by atoms with E-state index < -0.39 is 0 Å². The van der Waals surface area contributed by atoms with E-state index in [-0.39, 0.29) is 0 Å². The molecule has 1 aromatic carbocycles.